The van der Waals surface area contributed by atoms with Crippen molar-refractivity contribution in [3.63, 3.8) is 0 Å². The summed E-state index contributed by atoms with van der Waals surface area (Å²) in [5, 5.41) is 4.29. The Balaban J connectivity index is 2.36. The maximum atomic E-state index is 4.49. The molecular formula is C12H23N3S. The molecule has 0 atom stereocenters. The summed E-state index contributed by atoms with van der Waals surface area (Å²) in [6.07, 6.45) is 2.46. The topological polar surface area (TPSA) is 37.8 Å². The zero-order valence-electron chi connectivity index (χ0n) is 11.0. The van der Waals surface area contributed by atoms with Crippen molar-refractivity contribution in [1.29, 1.82) is 0 Å². The van der Waals surface area contributed by atoms with E-state index in [4.69, 9.17) is 0 Å². The van der Waals surface area contributed by atoms with E-state index in [0.717, 1.165) is 23.4 Å². The van der Waals surface area contributed by atoms with E-state index in [1.807, 2.05) is 0 Å². The van der Waals surface area contributed by atoms with Gasteiger partial charge in [0.1, 0.15) is 5.82 Å². The number of hydrogen-bond donors (Lipinski definition) is 1. The van der Waals surface area contributed by atoms with Gasteiger partial charge in [-0.2, -0.15) is 4.37 Å². The minimum Gasteiger partial charge on any atom is -0.360 e. The molecule has 16 heavy (non-hydrogen) atoms. The van der Waals surface area contributed by atoms with Crippen molar-refractivity contribution in [1.82, 2.24) is 9.36 Å². The van der Waals surface area contributed by atoms with Gasteiger partial charge in [0.05, 0.1) is 0 Å². The second-order valence-corrected chi connectivity index (χ2v) is 6.39. The molecule has 0 fully saturated rings. The van der Waals surface area contributed by atoms with E-state index in [1.54, 1.807) is 0 Å². The summed E-state index contributed by atoms with van der Waals surface area (Å²) >= 11 is 1.46. The molecule has 1 N–H and O–H groups in total. The lowest BCUT2D eigenvalue weighted by molar-refractivity contribution is 0.554. The highest BCUT2D eigenvalue weighted by molar-refractivity contribution is 7.09. The van der Waals surface area contributed by atoms with Crippen LogP contribution in [0.25, 0.3) is 0 Å². The van der Waals surface area contributed by atoms with Crippen molar-refractivity contribution in [3.05, 3.63) is 5.82 Å². The van der Waals surface area contributed by atoms with Crippen LogP contribution in [-0.2, 0) is 5.41 Å². The molecule has 0 amide bonds. The molecule has 1 aromatic heterocycles. The number of rotatable bonds is 5. The Morgan fingerprint density at radius 1 is 1.31 bits per heavy atom. The quantitative estimate of drug-likeness (QED) is 0.799. The SMILES string of the molecule is CC(C)CCCNc1nc(C(C)(C)C)ns1. The second kappa shape index (κ2) is 5.62. The normalized spacial score (nSPS) is 12.1. The van der Waals surface area contributed by atoms with E-state index in [0.29, 0.717) is 0 Å². The minimum atomic E-state index is 0.0500. The molecule has 3 nitrogen and oxygen atoms in total. The predicted molar refractivity (Wildman–Crippen MR) is 71.2 cm³/mol. The molecule has 0 unspecified atom stereocenters. The number of nitrogens with zero attached hydrogens (tertiary/aromatic N) is 2. The first-order valence-electron chi connectivity index (χ1n) is 5.97. The maximum Gasteiger partial charge on any atom is 0.202 e. The fraction of sp³-hybridized carbons (Fsp3) is 0.833. The van der Waals surface area contributed by atoms with E-state index in [2.05, 4.69) is 49.3 Å². The summed E-state index contributed by atoms with van der Waals surface area (Å²) < 4.78 is 4.37. The summed E-state index contributed by atoms with van der Waals surface area (Å²) in [6, 6.07) is 0. The molecule has 0 radical (unpaired) electrons. The van der Waals surface area contributed by atoms with Crippen LogP contribution < -0.4 is 5.32 Å². The molecule has 0 aliphatic rings. The average Bonchev–Trinajstić information content (AvgIpc) is 2.59. The van der Waals surface area contributed by atoms with Gasteiger partial charge in [-0.1, -0.05) is 34.6 Å². The van der Waals surface area contributed by atoms with Gasteiger partial charge in [0.15, 0.2) is 0 Å². The molecule has 0 spiro atoms. The van der Waals surface area contributed by atoms with E-state index >= 15 is 0 Å². The molecular weight excluding hydrogens is 218 g/mol. The minimum absolute atomic E-state index is 0.0500. The monoisotopic (exact) mass is 241 g/mol. The van der Waals surface area contributed by atoms with Crippen LogP contribution in [0, 0.1) is 5.92 Å². The molecule has 92 valence electrons. The summed E-state index contributed by atoms with van der Waals surface area (Å²) in [5.74, 6) is 1.71. The zero-order valence-corrected chi connectivity index (χ0v) is 11.8. The summed E-state index contributed by atoms with van der Waals surface area (Å²) in [5.41, 5.74) is 0.0500. The zero-order chi connectivity index (χ0) is 12.2. The second-order valence-electron chi connectivity index (χ2n) is 5.64. The first kappa shape index (κ1) is 13.4. The van der Waals surface area contributed by atoms with Crippen molar-refractivity contribution in [2.24, 2.45) is 5.92 Å². The third-order valence-corrected chi connectivity index (χ3v) is 3.00. The van der Waals surface area contributed by atoms with Crippen molar-refractivity contribution < 1.29 is 0 Å². The van der Waals surface area contributed by atoms with Crippen LogP contribution in [0.2, 0.25) is 0 Å². The molecule has 0 saturated carbocycles. The van der Waals surface area contributed by atoms with Crippen molar-refractivity contribution in [3.8, 4) is 0 Å². The highest BCUT2D eigenvalue weighted by Crippen LogP contribution is 2.22. The molecule has 0 aliphatic heterocycles. The van der Waals surface area contributed by atoms with E-state index in [9.17, 15) is 0 Å². The van der Waals surface area contributed by atoms with E-state index in [-0.39, 0.29) is 5.41 Å². The standard InChI is InChI=1S/C12H23N3S/c1-9(2)7-6-8-13-11-14-10(15-16-11)12(3,4)5/h9H,6-8H2,1-5H3,(H,13,14,15). The lowest BCUT2D eigenvalue weighted by Crippen LogP contribution is -2.13. The van der Waals surface area contributed by atoms with Crippen molar-refractivity contribution in [2.75, 3.05) is 11.9 Å². The molecule has 1 rings (SSSR count). The lowest BCUT2D eigenvalue weighted by atomic mass is 9.96. The van der Waals surface area contributed by atoms with Crippen LogP contribution in [-0.4, -0.2) is 15.9 Å². The van der Waals surface area contributed by atoms with Gasteiger partial charge in [0.2, 0.25) is 5.13 Å². The van der Waals surface area contributed by atoms with Crippen LogP contribution in [0.4, 0.5) is 5.13 Å². The number of nitrogens with one attached hydrogen (secondary N) is 1. The Morgan fingerprint density at radius 2 is 2.00 bits per heavy atom. The predicted octanol–water partition coefficient (Wildman–Crippen LogP) is 3.68. The van der Waals surface area contributed by atoms with E-state index in [1.165, 1.54) is 24.4 Å². The van der Waals surface area contributed by atoms with Gasteiger partial charge in [-0.05, 0) is 18.8 Å². The third-order valence-electron chi connectivity index (χ3n) is 2.33. The Kier molecular flexibility index (Phi) is 4.71. The number of aromatic nitrogens is 2. The molecule has 0 bridgehead atoms. The van der Waals surface area contributed by atoms with Crippen LogP contribution in [0.3, 0.4) is 0 Å². The fourth-order valence-electron chi connectivity index (χ4n) is 1.31. The highest BCUT2D eigenvalue weighted by atomic mass is 32.1. The van der Waals surface area contributed by atoms with Gasteiger partial charge >= 0.3 is 0 Å². The average molecular weight is 241 g/mol. The van der Waals surface area contributed by atoms with Gasteiger partial charge < -0.3 is 5.32 Å². The maximum absolute atomic E-state index is 4.49. The molecule has 4 heteroatoms. The molecule has 0 aromatic carbocycles. The molecule has 0 saturated heterocycles. The Morgan fingerprint density at radius 3 is 2.50 bits per heavy atom. The van der Waals surface area contributed by atoms with Gasteiger partial charge in [-0.15, -0.1) is 0 Å². The molecule has 0 aliphatic carbocycles. The van der Waals surface area contributed by atoms with Crippen molar-refractivity contribution >= 4 is 16.7 Å². The summed E-state index contributed by atoms with van der Waals surface area (Å²) in [6.45, 7) is 11.9. The highest BCUT2D eigenvalue weighted by Gasteiger charge is 2.19. The smallest absolute Gasteiger partial charge is 0.202 e. The van der Waals surface area contributed by atoms with Crippen LogP contribution in [0.15, 0.2) is 0 Å². The summed E-state index contributed by atoms with van der Waals surface area (Å²) in [7, 11) is 0. The largest absolute Gasteiger partial charge is 0.360 e. The van der Waals surface area contributed by atoms with Gasteiger partial charge in [-0.3, -0.25) is 0 Å². The van der Waals surface area contributed by atoms with Crippen LogP contribution >= 0.6 is 11.5 Å². The van der Waals surface area contributed by atoms with Crippen molar-refractivity contribution in [2.45, 2.75) is 52.9 Å². The third kappa shape index (κ3) is 4.47. The van der Waals surface area contributed by atoms with Crippen LogP contribution in [0.1, 0.15) is 53.3 Å². The molecule has 1 heterocycles. The van der Waals surface area contributed by atoms with Gasteiger partial charge in [-0.25, -0.2) is 4.98 Å². The lowest BCUT2D eigenvalue weighted by Gasteiger charge is -2.12. The van der Waals surface area contributed by atoms with Crippen LogP contribution in [0.5, 0.6) is 0 Å². The number of anilines is 1. The molecule has 1 aromatic rings. The Hall–Kier alpha value is -0.640. The first-order chi connectivity index (χ1) is 7.39. The Bertz CT molecular complexity index is 312. The number of hydrogen-bond acceptors (Lipinski definition) is 4. The van der Waals surface area contributed by atoms with Gasteiger partial charge in [0.25, 0.3) is 0 Å². The first-order valence-corrected chi connectivity index (χ1v) is 6.75. The van der Waals surface area contributed by atoms with Gasteiger partial charge in [0, 0.05) is 23.5 Å². The summed E-state index contributed by atoms with van der Waals surface area (Å²) in [4.78, 5) is 4.49. The van der Waals surface area contributed by atoms with E-state index < -0.39 is 0 Å². The Labute approximate surface area is 103 Å². The fourth-order valence-corrected chi connectivity index (χ4v) is 2.09.